The van der Waals surface area contributed by atoms with Crippen LogP contribution in [0.3, 0.4) is 0 Å². The topological polar surface area (TPSA) is 61.9 Å². The molecule has 1 aliphatic heterocycles. The lowest BCUT2D eigenvalue weighted by Gasteiger charge is -2.28. The fourth-order valence-corrected chi connectivity index (χ4v) is 2.88. The van der Waals surface area contributed by atoms with Crippen LogP contribution in [0.1, 0.15) is 44.1 Å². The van der Waals surface area contributed by atoms with Gasteiger partial charge in [-0.05, 0) is 38.2 Å². The standard InChI is InChI=1S/C17H27N3O/c1-14(21)12-16(15-8-4-2-5-9-15)13-19-17(18)20-10-6-3-7-11-20/h2,4-5,8-9,14,16,21H,3,6-7,10-13H2,1H3,(H2,18,19). The third kappa shape index (κ3) is 5.05. The van der Waals surface area contributed by atoms with E-state index in [0.717, 1.165) is 13.1 Å². The molecule has 0 saturated carbocycles. The van der Waals surface area contributed by atoms with Crippen LogP contribution in [-0.2, 0) is 0 Å². The smallest absolute Gasteiger partial charge is 0.191 e. The number of hydrogen-bond donors (Lipinski definition) is 2. The van der Waals surface area contributed by atoms with Crippen molar-refractivity contribution in [3.05, 3.63) is 35.9 Å². The summed E-state index contributed by atoms with van der Waals surface area (Å²) in [5.74, 6) is 0.871. The van der Waals surface area contributed by atoms with Crippen LogP contribution in [0.5, 0.6) is 0 Å². The third-order valence-corrected chi connectivity index (χ3v) is 4.05. The number of guanidine groups is 1. The Hall–Kier alpha value is -1.55. The predicted octanol–water partition coefficient (Wildman–Crippen LogP) is 2.34. The van der Waals surface area contributed by atoms with Crippen LogP contribution in [0.25, 0.3) is 0 Å². The van der Waals surface area contributed by atoms with Crippen LogP contribution in [0.15, 0.2) is 35.3 Å². The average molecular weight is 289 g/mol. The number of hydrogen-bond acceptors (Lipinski definition) is 2. The second-order valence-electron chi connectivity index (χ2n) is 5.94. The molecule has 1 aromatic rings. The molecule has 1 aliphatic rings. The van der Waals surface area contributed by atoms with Gasteiger partial charge in [0.25, 0.3) is 0 Å². The molecule has 1 aromatic carbocycles. The highest BCUT2D eigenvalue weighted by Crippen LogP contribution is 2.22. The van der Waals surface area contributed by atoms with E-state index in [-0.39, 0.29) is 12.0 Å². The van der Waals surface area contributed by atoms with Gasteiger partial charge in [-0.15, -0.1) is 0 Å². The summed E-state index contributed by atoms with van der Waals surface area (Å²) in [5.41, 5.74) is 7.34. The summed E-state index contributed by atoms with van der Waals surface area (Å²) in [6.07, 6.45) is 4.07. The van der Waals surface area contributed by atoms with E-state index in [4.69, 9.17) is 5.73 Å². The molecule has 0 bridgehead atoms. The molecule has 4 nitrogen and oxygen atoms in total. The fourth-order valence-electron chi connectivity index (χ4n) is 2.88. The van der Waals surface area contributed by atoms with Gasteiger partial charge in [0.15, 0.2) is 5.96 Å². The van der Waals surface area contributed by atoms with Crippen LogP contribution in [0.4, 0.5) is 0 Å². The van der Waals surface area contributed by atoms with E-state index < -0.39 is 0 Å². The number of nitrogens with zero attached hydrogens (tertiary/aromatic N) is 2. The van der Waals surface area contributed by atoms with Crippen molar-refractivity contribution in [1.29, 1.82) is 0 Å². The van der Waals surface area contributed by atoms with Gasteiger partial charge in [0.05, 0.1) is 6.10 Å². The minimum Gasteiger partial charge on any atom is -0.393 e. The maximum Gasteiger partial charge on any atom is 0.191 e. The molecule has 1 fully saturated rings. The largest absolute Gasteiger partial charge is 0.393 e. The second-order valence-corrected chi connectivity index (χ2v) is 5.94. The molecule has 0 amide bonds. The first kappa shape index (κ1) is 15.8. The molecular formula is C17H27N3O. The van der Waals surface area contributed by atoms with Gasteiger partial charge in [-0.3, -0.25) is 4.99 Å². The quantitative estimate of drug-likeness (QED) is 0.646. The number of aliphatic hydroxyl groups excluding tert-OH is 1. The lowest BCUT2D eigenvalue weighted by molar-refractivity contribution is 0.175. The van der Waals surface area contributed by atoms with E-state index in [0.29, 0.717) is 18.9 Å². The number of likely N-dealkylation sites (tertiary alicyclic amines) is 1. The summed E-state index contributed by atoms with van der Waals surface area (Å²) >= 11 is 0. The van der Waals surface area contributed by atoms with Gasteiger partial charge in [-0.2, -0.15) is 0 Å². The van der Waals surface area contributed by atoms with Crippen LogP contribution in [0, 0.1) is 0 Å². The zero-order valence-electron chi connectivity index (χ0n) is 12.9. The Labute approximate surface area is 127 Å². The maximum atomic E-state index is 9.71. The molecule has 3 N–H and O–H groups in total. The minimum atomic E-state index is -0.332. The van der Waals surface area contributed by atoms with Crippen molar-refractivity contribution >= 4 is 5.96 Å². The second kappa shape index (κ2) is 8.03. The van der Waals surface area contributed by atoms with Crippen LogP contribution in [-0.4, -0.2) is 41.7 Å². The van der Waals surface area contributed by atoms with Crippen LogP contribution >= 0.6 is 0 Å². The lowest BCUT2D eigenvalue weighted by Crippen LogP contribution is -2.41. The zero-order chi connectivity index (χ0) is 15.1. The van der Waals surface area contributed by atoms with Crippen molar-refractivity contribution in [3.63, 3.8) is 0 Å². The Balaban J connectivity index is 2.01. The molecule has 4 heteroatoms. The van der Waals surface area contributed by atoms with Gasteiger partial charge < -0.3 is 15.7 Å². The first-order valence-corrected chi connectivity index (χ1v) is 7.94. The first-order chi connectivity index (χ1) is 10.2. The summed E-state index contributed by atoms with van der Waals surface area (Å²) in [6, 6.07) is 10.3. The summed E-state index contributed by atoms with van der Waals surface area (Å²) < 4.78 is 0. The van der Waals surface area contributed by atoms with Crippen molar-refractivity contribution < 1.29 is 5.11 Å². The molecule has 0 radical (unpaired) electrons. The Morgan fingerprint density at radius 3 is 2.52 bits per heavy atom. The van der Waals surface area contributed by atoms with Crippen LogP contribution < -0.4 is 5.73 Å². The van der Waals surface area contributed by atoms with Gasteiger partial charge in [-0.25, -0.2) is 0 Å². The van der Waals surface area contributed by atoms with E-state index >= 15 is 0 Å². The lowest BCUT2D eigenvalue weighted by atomic mass is 9.93. The molecular weight excluding hydrogens is 262 g/mol. The molecule has 2 atom stereocenters. The summed E-state index contributed by atoms with van der Waals surface area (Å²) in [4.78, 5) is 6.76. The monoisotopic (exact) mass is 289 g/mol. The van der Waals surface area contributed by atoms with Crippen LogP contribution in [0.2, 0.25) is 0 Å². The number of benzene rings is 1. The Bertz CT molecular complexity index is 439. The average Bonchev–Trinajstić information content (AvgIpc) is 2.52. The molecule has 21 heavy (non-hydrogen) atoms. The van der Waals surface area contributed by atoms with Gasteiger partial charge >= 0.3 is 0 Å². The molecule has 1 saturated heterocycles. The summed E-state index contributed by atoms with van der Waals surface area (Å²) in [5, 5.41) is 9.71. The van der Waals surface area contributed by atoms with E-state index in [1.54, 1.807) is 0 Å². The minimum absolute atomic E-state index is 0.217. The predicted molar refractivity (Wildman–Crippen MR) is 87.4 cm³/mol. The van der Waals surface area contributed by atoms with Crippen molar-refractivity contribution in [2.24, 2.45) is 10.7 Å². The van der Waals surface area contributed by atoms with Crippen molar-refractivity contribution in [1.82, 2.24) is 4.90 Å². The molecule has 116 valence electrons. The highest BCUT2D eigenvalue weighted by molar-refractivity contribution is 5.78. The molecule has 1 heterocycles. The SMILES string of the molecule is CC(O)CC(CN=C(N)N1CCCCC1)c1ccccc1. The maximum absolute atomic E-state index is 9.71. The Kier molecular flexibility index (Phi) is 6.05. The van der Waals surface area contributed by atoms with E-state index in [9.17, 15) is 5.11 Å². The summed E-state index contributed by atoms with van der Waals surface area (Å²) in [7, 11) is 0. The zero-order valence-corrected chi connectivity index (χ0v) is 12.9. The van der Waals surface area contributed by atoms with E-state index in [1.165, 1.54) is 24.8 Å². The molecule has 0 aliphatic carbocycles. The number of piperidine rings is 1. The van der Waals surface area contributed by atoms with Gasteiger partial charge in [0.1, 0.15) is 0 Å². The highest BCUT2D eigenvalue weighted by Gasteiger charge is 2.16. The Morgan fingerprint density at radius 2 is 1.90 bits per heavy atom. The highest BCUT2D eigenvalue weighted by atomic mass is 16.3. The van der Waals surface area contributed by atoms with E-state index in [1.807, 2.05) is 25.1 Å². The number of rotatable bonds is 5. The molecule has 0 spiro atoms. The normalized spacial score (nSPS) is 19.3. The number of aliphatic hydroxyl groups is 1. The van der Waals surface area contributed by atoms with Gasteiger partial charge in [-0.1, -0.05) is 30.3 Å². The van der Waals surface area contributed by atoms with Crippen molar-refractivity contribution in [2.75, 3.05) is 19.6 Å². The first-order valence-electron chi connectivity index (χ1n) is 7.94. The van der Waals surface area contributed by atoms with E-state index in [2.05, 4.69) is 22.0 Å². The van der Waals surface area contributed by atoms with Gasteiger partial charge in [0, 0.05) is 25.6 Å². The molecule has 2 rings (SSSR count). The fraction of sp³-hybridized carbons (Fsp3) is 0.588. The van der Waals surface area contributed by atoms with Crippen molar-refractivity contribution in [2.45, 2.75) is 44.6 Å². The molecule has 2 unspecified atom stereocenters. The Morgan fingerprint density at radius 1 is 1.24 bits per heavy atom. The summed E-state index contributed by atoms with van der Waals surface area (Å²) in [6.45, 7) is 4.49. The third-order valence-electron chi connectivity index (χ3n) is 4.05. The number of aliphatic imine (C=N–C) groups is 1. The van der Waals surface area contributed by atoms with Crippen molar-refractivity contribution in [3.8, 4) is 0 Å². The molecule has 0 aromatic heterocycles. The van der Waals surface area contributed by atoms with Gasteiger partial charge in [0.2, 0.25) is 0 Å². The number of nitrogens with two attached hydrogens (primary N) is 1.